The van der Waals surface area contributed by atoms with Crippen molar-refractivity contribution in [1.82, 2.24) is 10.2 Å². The van der Waals surface area contributed by atoms with Gasteiger partial charge >= 0.3 is 0 Å². The molecule has 0 aliphatic carbocycles. The summed E-state index contributed by atoms with van der Waals surface area (Å²) in [4.78, 5) is 30.3. The van der Waals surface area contributed by atoms with Crippen LogP contribution in [0.3, 0.4) is 0 Å². The number of rotatable bonds is 7. The molecule has 8 heteroatoms. The van der Waals surface area contributed by atoms with Crippen molar-refractivity contribution >= 4 is 23.3 Å². The molecule has 34 heavy (non-hydrogen) atoms. The van der Waals surface area contributed by atoms with Crippen LogP contribution in [0.4, 0.5) is 5.69 Å². The first-order valence-corrected chi connectivity index (χ1v) is 12.6. The van der Waals surface area contributed by atoms with Crippen LogP contribution in [-0.4, -0.2) is 61.4 Å². The molecule has 0 radical (unpaired) electrons. The van der Waals surface area contributed by atoms with E-state index in [4.69, 9.17) is 10.5 Å². The third-order valence-electron chi connectivity index (χ3n) is 7.23. The Morgan fingerprint density at radius 3 is 2.47 bits per heavy atom. The van der Waals surface area contributed by atoms with Crippen molar-refractivity contribution in [2.75, 3.05) is 38.2 Å². The van der Waals surface area contributed by atoms with E-state index in [1.54, 1.807) is 6.20 Å². The second-order valence-corrected chi connectivity index (χ2v) is 9.50. The normalized spacial score (nSPS) is 22.1. The lowest BCUT2D eigenvalue weighted by molar-refractivity contribution is -0.132. The van der Waals surface area contributed by atoms with Crippen molar-refractivity contribution in [3.05, 3.63) is 41.6 Å². The van der Waals surface area contributed by atoms with Crippen LogP contribution in [0.2, 0.25) is 0 Å². The Bertz CT molecular complexity index is 913. The largest absolute Gasteiger partial charge is 0.381 e. The molecule has 3 aliphatic heterocycles. The molecule has 1 unspecified atom stereocenters. The molecule has 0 saturated carbocycles. The van der Waals surface area contributed by atoms with E-state index in [0.29, 0.717) is 30.3 Å². The van der Waals surface area contributed by atoms with Gasteiger partial charge in [-0.05, 0) is 61.8 Å². The van der Waals surface area contributed by atoms with Crippen LogP contribution in [0.1, 0.15) is 56.9 Å². The highest BCUT2D eigenvalue weighted by atomic mass is 16.5. The average Bonchev–Trinajstić information content (AvgIpc) is 2.88. The molecular formula is C26H37N5O3. The first-order valence-electron chi connectivity index (χ1n) is 12.6. The molecule has 2 saturated heterocycles. The predicted molar refractivity (Wildman–Crippen MR) is 134 cm³/mol. The number of primary amides is 1. The maximum atomic E-state index is 12.0. The number of anilines is 1. The molecule has 0 bridgehead atoms. The summed E-state index contributed by atoms with van der Waals surface area (Å²) < 4.78 is 5.47. The van der Waals surface area contributed by atoms with Gasteiger partial charge in [-0.2, -0.15) is 0 Å². The molecule has 184 valence electrons. The van der Waals surface area contributed by atoms with E-state index in [1.165, 1.54) is 5.56 Å². The minimum absolute atomic E-state index is 0.172. The molecule has 8 nitrogen and oxygen atoms in total. The molecule has 1 aromatic rings. The Morgan fingerprint density at radius 2 is 1.82 bits per heavy atom. The van der Waals surface area contributed by atoms with Gasteiger partial charge in [-0.1, -0.05) is 19.1 Å². The monoisotopic (exact) mass is 467 g/mol. The van der Waals surface area contributed by atoms with Crippen LogP contribution < -0.4 is 16.4 Å². The van der Waals surface area contributed by atoms with Gasteiger partial charge in [-0.15, -0.1) is 0 Å². The van der Waals surface area contributed by atoms with Crippen LogP contribution in [0.25, 0.3) is 0 Å². The minimum Gasteiger partial charge on any atom is -0.381 e. The van der Waals surface area contributed by atoms with Crippen LogP contribution in [0, 0.1) is 5.92 Å². The van der Waals surface area contributed by atoms with E-state index in [9.17, 15) is 9.59 Å². The molecule has 1 atom stereocenters. The lowest BCUT2D eigenvalue weighted by Crippen LogP contribution is -2.45. The van der Waals surface area contributed by atoms with E-state index < -0.39 is 5.91 Å². The van der Waals surface area contributed by atoms with Gasteiger partial charge in [0.2, 0.25) is 11.8 Å². The lowest BCUT2D eigenvalue weighted by atomic mass is 9.91. The van der Waals surface area contributed by atoms with Gasteiger partial charge in [0.15, 0.2) is 0 Å². The van der Waals surface area contributed by atoms with E-state index in [-0.39, 0.29) is 11.9 Å². The lowest BCUT2D eigenvalue weighted by Gasteiger charge is -2.33. The molecule has 2 amide bonds. The van der Waals surface area contributed by atoms with Gasteiger partial charge in [-0.25, -0.2) is 4.99 Å². The molecule has 3 aliphatic rings. The van der Waals surface area contributed by atoms with Crippen molar-refractivity contribution in [3.63, 3.8) is 0 Å². The summed E-state index contributed by atoms with van der Waals surface area (Å²) in [5.41, 5.74) is 8.47. The third-order valence-corrected chi connectivity index (χ3v) is 7.23. The van der Waals surface area contributed by atoms with Crippen molar-refractivity contribution in [2.45, 2.75) is 57.4 Å². The Balaban J connectivity index is 1.31. The van der Waals surface area contributed by atoms with Gasteiger partial charge in [0.1, 0.15) is 5.84 Å². The first kappa shape index (κ1) is 24.4. The fourth-order valence-corrected chi connectivity index (χ4v) is 5.05. The van der Waals surface area contributed by atoms with E-state index in [1.807, 2.05) is 11.8 Å². The van der Waals surface area contributed by atoms with Crippen molar-refractivity contribution in [1.29, 1.82) is 0 Å². The summed E-state index contributed by atoms with van der Waals surface area (Å²) in [6.45, 7) is 5.97. The molecule has 2 fully saturated rings. The van der Waals surface area contributed by atoms with Gasteiger partial charge in [0.05, 0.1) is 5.57 Å². The van der Waals surface area contributed by atoms with Crippen molar-refractivity contribution in [3.8, 4) is 0 Å². The number of benzene rings is 1. The highest BCUT2D eigenvalue weighted by molar-refractivity contribution is 6.01. The Labute approximate surface area is 202 Å². The number of likely N-dealkylation sites (tertiary alicyclic amines) is 1. The van der Waals surface area contributed by atoms with E-state index in [2.05, 4.69) is 39.9 Å². The van der Waals surface area contributed by atoms with E-state index in [0.717, 1.165) is 70.1 Å². The highest BCUT2D eigenvalue weighted by Gasteiger charge is 2.27. The van der Waals surface area contributed by atoms with Crippen molar-refractivity contribution < 1.29 is 14.3 Å². The average molecular weight is 468 g/mol. The van der Waals surface area contributed by atoms with Crippen LogP contribution in [0.15, 0.2) is 41.0 Å². The number of nitrogens with two attached hydrogens (primary N) is 1. The van der Waals surface area contributed by atoms with Gasteiger partial charge in [0, 0.05) is 57.1 Å². The summed E-state index contributed by atoms with van der Waals surface area (Å²) in [6, 6.07) is 8.37. The minimum atomic E-state index is -0.440. The Hall–Kier alpha value is -2.71. The fourth-order valence-electron chi connectivity index (χ4n) is 5.05. The van der Waals surface area contributed by atoms with Crippen LogP contribution in [-0.2, 0) is 14.3 Å². The van der Waals surface area contributed by atoms with Gasteiger partial charge < -0.3 is 26.0 Å². The number of nitrogens with zero attached hydrogens (tertiary/aromatic N) is 2. The quantitative estimate of drug-likeness (QED) is 0.571. The summed E-state index contributed by atoms with van der Waals surface area (Å²) in [5, 5.41) is 6.95. The number of carbonyl (C=O) groups is 2. The number of amidine groups is 1. The number of carbonyl (C=O) groups excluding carboxylic acids is 2. The number of nitrogens with one attached hydrogen (secondary N) is 2. The van der Waals surface area contributed by atoms with Gasteiger partial charge in [-0.3, -0.25) is 9.59 Å². The molecule has 1 aromatic carbocycles. The number of hydrogen-bond donors (Lipinski definition) is 3. The number of ether oxygens (including phenoxy) is 1. The summed E-state index contributed by atoms with van der Waals surface area (Å²) >= 11 is 0. The van der Waals surface area contributed by atoms with Gasteiger partial charge in [0.25, 0.3) is 0 Å². The maximum Gasteiger partial charge on any atom is 0.247 e. The number of hydrogen-bond acceptors (Lipinski definition) is 6. The maximum absolute atomic E-state index is 12.0. The topological polar surface area (TPSA) is 109 Å². The fraction of sp³-hybridized carbons (Fsp3) is 0.577. The summed E-state index contributed by atoms with van der Waals surface area (Å²) in [5.74, 6) is 1.64. The number of amides is 2. The Morgan fingerprint density at radius 1 is 1.12 bits per heavy atom. The standard InChI is InChI=1S/C26H37N5O3/c1-2-25(32)31-11-7-18(8-12-31)16-28-23-15-24(29-17-22(23)26(27)33)30-21-5-3-19(4-6-21)20-9-13-34-14-10-20/h3-6,17-18,20,23,28H,2,7-16H2,1H3,(H2,27,33)(H,29,30). The smallest absolute Gasteiger partial charge is 0.247 e. The highest BCUT2D eigenvalue weighted by Crippen LogP contribution is 2.28. The molecule has 4 rings (SSSR count). The number of aliphatic imine (C=N–C) groups is 1. The third kappa shape index (κ3) is 6.24. The summed E-state index contributed by atoms with van der Waals surface area (Å²) in [7, 11) is 0. The second-order valence-electron chi connectivity index (χ2n) is 9.50. The molecule has 0 spiro atoms. The molecule has 0 aromatic heterocycles. The Kier molecular flexibility index (Phi) is 8.34. The van der Waals surface area contributed by atoms with Crippen LogP contribution in [0.5, 0.6) is 0 Å². The number of piperidine rings is 1. The zero-order valence-electron chi connectivity index (χ0n) is 20.1. The van der Waals surface area contributed by atoms with Crippen molar-refractivity contribution in [2.24, 2.45) is 16.6 Å². The SMILES string of the molecule is CCC(=O)N1CCC(CNC2CC(Nc3ccc(C4CCOCC4)cc3)=NC=C2C(N)=O)CC1. The zero-order valence-corrected chi connectivity index (χ0v) is 20.1. The predicted octanol–water partition coefficient (Wildman–Crippen LogP) is 2.77. The molecular weight excluding hydrogens is 430 g/mol. The second kappa shape index (κ2) is 11.6. The summed E-state index contributed by atoms with van der Waals surface area (Å²) in [6.07, 6.45) is 6.81. The molecule has 4 N–H and O–H groups in total. The first-order chi connectivity index (χ1) is 16.5. The van der Waals surface area contributed by atoms with Crippen LogP contribution >= 0.6 is 0 Å². The molecule has 3 heterocycles. The zero-order chi connectivity index (χ0) is 23.9. The van der Waals surface area contributed by atoms with E-state index >= 15 is 0 Å².